The Morgan fingerprint density at radius 1 is 1.05 bits per heavy atom. The second-order valence-electron chi connectivity index (χ2n) is 6.03. The van der Waals surface area contributed by atoms with Crippen LogP contribution in [-0.4, -0.2) is 36.0 Å². The third kappa shape index (κ3) is 2.33. The Morgan fingerprint density at radius 2 is 1.81 bits per heavy atom. The van der Waals surface area contributed by atoms with Gasteiger partial charge in [-0.3, -0.25) is 0 Å². The minimum atomic E-state index is 0.678. The van der Waals surface area contributed by atoms with Gasteiger partial charge in [-0.05, 0) is 25.0 Å². The molecule has 0 bridgehead atoms. The summed E-state index contributed by atoms with van der Waals surface area (Å²) in [4.78, 5) is 2.50. The molecule has 0 spiro atoms. The molecule has 1 aliphatic carbocycles. The van der Waals surface area contributed by atoms with E-state index in [1.165, 1.54) is 36.3 Å². The second-order valence-corrected chi connectivity index (χ2v) is 6.03. The van der Waals surface area contributed by atoms with E-state index in [4.69, 9.17) is 5.10 Å². The van der Waals surface area contributed by atoms with Crippen molar-refractivity contribution in [1.29, 1.82) is 0 Å². The third-order valence-corrected chi connectivity index (χ3v) is 4.74. The summed E-state index contributed by atoms with van der Waals surface area (Å²) in [5.74, 6) is 0.678. The van der Waals surface area contributed by atoms with Gasteiger partial charge in [-0.15, -0.1) is 0 Å². The lowest BCUT2D eigenvalue weighted by Gasteiger charge is -2.33. The van der Waals surface area contributed by atoms with Crippen LogP contribution in [0.2, 0.25) is 0 Å². The number of hydrogen-bond acceptors (Lipinski definition) is 3. The zero-order chi connectivity index (χ0) is 14.1. The highest BCUT2D eigenvalue weighted by Crippen LogP contribution is 2.41. The SMILES string of the molecule is c1ccc(-n2ncc(N3CCNCC3)c2C2CCC2)cc1. The lowest BCUT2D eigenvalue weighted by atomic mass is 9.82. The topological polar surface area (TPSA) is 33.1 Å². The summed E-state index contributed by atoms with van der Waals surface area (Å²) >= 11 is 0. The molecule has 2 fully saturated rings. The van der Waals surface area contributed by atoms with Crippen LogP contribution in [-0.2, 0) is 0 Å². The normalized spacial score (nSPS) is 19.5. The fourth-order valence-electron chi connectivity index (χ4n) is 3.34. The molecular formula is C17H22N4. The summed E-state index contributed by atoms with van der Waals surface area (Å²) < 4.78 is 2.17. The van der Waals surface area contributed by atoms with Crippen molar-refractivity contribution < 1.29 is 0 Å². The molecule has 1 aromatic heterocycles. The molecule has 110 valence electrons. The smallest absolute Gasteiger partial charge is 0.0793 e. The molecule has 0 unspecified atom stereocenters. The van der Waals surface area contributed by atoms with Gasteiger partial charge in [0.2, 0.25) is 0 Å². The van der Waals surface area contributed by atoms with E-state index < -0.39 is 0 Å². The summed E-state index contributed by atoms with van der Waals surface area (Å²) in [5.41, 5.74) is 3.96. The molecule has 1 aliphatic heterocycles. The van der Waals surface area contributed by atoms with Crippen molar-refractivity contribution in [2.75, 3.05) is 31.1 Å². The van der Waals surface area contributed by atoms with E-state index in [0.29, 0.717) is 5.92 Å². The zero-order valence-corrected chi connectivity index (χ0v) is 12.3. The van der Waals surface area contributed by atoms with Crippen LogP contribution in [0.4, 0.5) is 5.69 Å². The van der Waals surface area contributed by atoms with Crippen molar-refractivity contribution >= 4 is 5.69 Å². The maximum Gasteiger partial charge on any atom is 0.0793 e. The molecule has 2 heterocycles. The Morgan fingerprint density at radius 3 is 2.48 bits per heavy atom. The van der Waals surface area contributed by atoms with Crippen LogP contribution in [0.3, 0.4) is 0 Å². The monoisotopic (exact) mass is 282 g/mol. The number of piperazine rings is 1. The van der Waals surface area contributed by atoms with E-state index >= 15 is 0 Å². The molecular weight excluding hydrogens is 260 g/mol. The van der Waals surface area contributed by atoms with Gasteiger partial charge in [-0.25, -0.2) is 4.68 Å². The maximum absolute atomic E-state index is 4.72. The van der Waals surface area contributed by atoms with Gasteiger partial charge in [-0.1, -0.05) is 24.6 Å². The average molecular weight is 282 g/mol. The first-order valence-corrected chi connectivity index (χ1v) is 8.02. The van der Waals surface area contributed by atoms with Gasteiger partial charge in [0.25, 0.3) is 0 Å². The quantitative estimate of drug-likeness (QED) is 0.939. The van der Waals surface area contributed by atoms with E-state index in [1.807, 2.05) is 0 Å². The van der Waals surface area contributed by atoms with Gasteiger partial charge < -0.3 is 10.2 Å². The highest BCUT2D eigenvalue weighted by Gasteiger charge is 2.29. The van der Waals surface area contributed by atoms with Gasteiger partial charge >= 0.3 is 0 Å². The summed E-state index contributed by atoms with van der Waals surface area (Å²) in [5, 5.41) is 8.15. The number of benzene rings is 1. The molecule has 4 heteroatoms. The molecule has 4 nitrogen and oxygen atoms in total. The largest absolute Gasteiger partial charge is 0.366 e. The molecule has 2 aliphatic rings. The van der Waals surface area contributed by atoms with Gasteiger partial charge in [0.05, 0.1) is 23.3 Å². The van der Waals surface area contributed by atoms with Gasteiger partial charge in [0.15, 0.2) is 0 Å². The predicted octanol–water partition coefficient (Wildman–Crippen LogP) is 2.55. The molecule has 0 atom stereocenters. The number of anilines is 1. The lowest BCUT2D eigenvalue weighted by Crippen LogP contribution is -2.44. The van der Waals surface area contributed by atoms with Crippen LogP contribution < -0.4 is 10.2 Å². The fraction of sp³-hybridized carbons (Fsp3) is 0.471. The summed E-state index contributed by atoms with van der Waals surface area (Å²) in [6, 6.07) is 10.5. The molecule has 0 radical (unpaired) electrons. The minimum Gasteiger partial charge on any atom is -0.366 e. The number of rotatable bonds is 3. The number of nitrogens with one attached hydrogen (secondary N) is 1. The van der Waals surface area contributed by atoms with Crippen LogP contribution in [0.5, 0.6) is 0 Å². The van der Waals surface area contributed by atoms with Crippen LogP contribution >= 0.6 is 0 Å². The Balaban J connectivity index is 1.75. The molecule has 0 amide bonds. The van der Waals surface area contributed by atoms with Crippen LogP contribution in [0, 0.1) is 0 Å². The molecule has 2 aromatic rings. The van der Waals surface area contributed by atoms with Crippen molar-refractivity contribution in [2.45, 2.75) is 25.2 Å². The summed E-state index contributed by atoms with van der Waals surface area (Å²) in [6.07, 6.45) is 6.03. The van der Waals surface area contributed by atoms with Crippen molar-refractivity contribution in [3.63, 3.8) is 0 Å². The zero-order valence-electron chi connectivity index (χ0n) is 12.3. The molecule has 1 N–H and O–H groups in total. The summed E-state index contributed by atoms with van der Waals surface area (Å²) in [7, 11) is 0. The van der Waals surface area contributed by atoms with Gasteiger partial charge in [-0.2, -0.15) is 5.10 Å². The molecule has 1 saturated heterocycles. The Kier molecular flexibility index (Phi) is 3.39. The molecule has 1 saturated carbocycles. The predicted molar refractivity (Wildman–Crippen MR) is 85.2 cm³/mol. The first kappa shape index (κ1) is 12.9. The molecule has 4 rings (SSSR count). The first-order valence-electron chi connectivity index (χ1n) is 8.02. The number of aromatic nitrogens is 2. The van der Waals surface area contributed by atoms with Crippen LogP contribution in [0.1, 0.15) is 30.9 Å². The van der Waals surface area contributed by atoms with E-state index in [0.717, 1.165) is 26.2 Å². The second kappa shape index (κ2) is 5.53. The van der Waals surface area contributed by atoms with E-state index in [-0.39, 0.29) is 0 Å². The maximum atomic E-state index is 4.72. The van der Waals surface area contributed by atoms with Gasteiger partial charge in [0.1, 0.15) is 0 Å². The van der Waals surface area contributed by atoms with E-state index in [1.54, 1.807) is 0 Å². The number of para-hydroxylation sites is 1. The average Bonchev–Trinajstić information content (AvgIpc) is 2.92. The summed E-state index contributed by atoms with van der Waals surface area (Å²) in [6.45, 7) is 4.31. The van der Waals surface area contributed by atoms with Gasteiger partial charge in [0, 0.05) is 32.1 Å². The highest BCUT2D eigenvalue weighted by atomic mass is 15.3. The molecule has 1 aromatic carbocycles. The van der Waals surface area contributed by atoms with E-state index in [2.05, 4.69) is 51.4 Å². The van der Waals surface area contributed by atoms with Crippen LogP contribution in [0.25, 0.3) is 5.69 Å². The fourth-order valence-corrected chi connectivity index (χ4v) is 3.34. The van der Waals surface area contributed by atoms with Crippen molar-refractivity contribution in [1.82, 2.24) is 15.1 Å². The van der Waals surface area contributed by atoms with Crippen molar-refractivity contribution in [3.05, 3.63) is 42.2 Å². The Labute approximate surface area is 125 Å². The van der Waals surface area contributed by atoms with E-state index in [9.17, 15) is 0 Å². The van der Waals surface area contributed by atoms with Crippen molar-refractivity contribution in [2.24, 2.45) is 0 Å². The lowest BCUT2D eigenvalue weighted by molar-refractivity contribution is 0.402. The number of nitrogens with zero attached hydrogens (tertiary/aromatic N) is 3. The standard InChI is InChI=1S/C17H22N4/c1-2-7-15(8-3-1)21-17(14-5-4-6-14)16(13-19-21)20-11-9-18-10-12-20/h1-3,7-8,13-14,18H,4-6,9-12H2. The molecule has 21 heavy (non-hydrogen) atoms. The Bertz CT molecular complexity index is 595. The highest BCUT2D eigenvalue weighted by molar-refractivity contribution is 5.55. The van der Waals surface area contributed by atoms with Crippen LogP contribution in [0.15, 0.2) is 36.5 Å². The van der Waals surface area contributed by atoms with Crippen molar-refractivity contribution in [3.8, 4) is 5.69 Å². The number of hydrogen-bond donors (Lipinski definition) is 1. The first-order chi connectivity index (χ1) is 10.4. The third-order valence-electron chi connectivity index (χ3n) is 4.74. The minimum absolute atomic E-state index is 0.678. The Hall–Kier alpha value is -1.81.